The first-order valence-electron chi connectivity index (χ1n) is 6.74. The largest absolute Gasteiger partial charge is 0.329 e. The van der Waals surface area contributed by atoms with Gasteiger partial charge in [0.05, 0.1) is 11.7 Å². The lowest BCUT2D eigenvalue weighted by molar-refractivity contribution is 0.204. The molecular weight excluding hydrogens is 334 g/mol. The molecule has 0 aliphatic rings. The van der Waals surface area contributed by atoms with Gasteiger partial charge in [-0.3, -0.25) is 9.88 Å². The van der Waals surface area contributed by atoms with E-state index < -0.39 is 0 Å². The molecule has 0 fully saturated rings. The standard InChI is InChI=1S/C15H20BrN3S/c1-3-19(9-13-6-4-5-11(2)18-13)14(8-17)15-7-12(16)10-20-15/h4-7,10,14H,3,8-9,17H2,1-2H3. The zero-order chi connectivity index (χ0) is 14.5. The molecule has 2 heterocycles. The maximum Gasteiger partial charge on any atom is 0.0568 e. The number of nitrogens with two attached hydrogens (primary N) is 1. The summed E-state index contributed by atoms with van der Waals surface area (Å²) in [7, 11) is 0. The highest BCUT2D eigenvalue weighted by atomic mass is 79.9. The van der Waals surface area contributed by atoms with Crippen LogP contribution in [0.25, 0.3) is 0 Å². The highest BCUT2D eigenvalue weighted by molar-refractivity contribution is 9.10. The van der Waals surface area contributed by atoms with Gasteiger partial charge < -0.3 is 5.73 Å². The minimum atomic E-state index is 0.249. The third-order valence-electron chi connectivity index (χ3n) is 3.30. The predicted octanol–water partition coefficient (Wildman–Crippen LogP) is 3.74. The van der Waals surface area contributed by atoms with E-state index in [1.54, 1.807) is 11.3 Å². The molecule has 0 aromatic carbocycles. The molecule has 0 radical (unpaired) electrons. The average Bonchev–Trinajstić information content (AvgIpc) is 2.85. The summed E-state index contributed by atoms with van der Waals surface area (Å²) in [5.74, 6) is 0. The van der Waals surface area contributed by atoms with Gasteiger partial charge in [-0.2, -0.15) is 0 Å². The monoisotopic (exact) mass is 353 g/mol. The Kier molecular flexibility index (Phi) is 5.72. The number of halogens is 1. The van der Waals surface area contributed by atoms with Crippen molar-refractivity contribution in [3.05, 3.63) is 50.4 Å². The second kappa shape index (κ2) is 7.31. The summed E-state index contributed by atoms with van der Waals surface area (Å²) in [4.78, 5) is 8.26. The number of aryl methyl sites for hydroxylation is 1. The van der Waals surface area contributed by atoms with Crippen LogP contribution in [-0.4, -0.2) is 23.0 Å². The lowest BCUT2D eigenvalue weighted by atomic mass is 10.2. The van der Waals surface area contributed by atoms with Crippen molar-refractivity contribution in [2.24, 2.45) is 5.73 Å². The van der Waals surface area contributed by atoms with Crippen LogP contribution < -0.4 is 5.73 Å². The van der Waals surface area contributed by atoms with Gasteiger partial charge in [-0.15, -0.1) is 11.3 Å². The van der Waals surface area contributed by atoms with E-state index in [1.807, 2.05) is 13.0 Å². The molecule has 1 atom stereocenters. The average molecular weight is 354 g/mol. The zero-order valence-corrected chi connectivity index (χ0v) is 14.2. The van der Waals surface area contributed by atoms with Crippen LogP contribution in [0.1, 0.15) is 29.2 Å². The minimum Gasteiger partial charge on any atom is -0.329 e. The summed E-state index contributed by atoms with van der Waals surface area (Å²) < 4.78 is 1.13. The molecule has 0 bridgehead atoms. The predicted molar refractivity (Wildman–Crippen MR) is 88.9 cm³/mol. The fourth-order valence-corrected chi connectivity index (χ4v) is 3.88. The maximum absolute atomic E-state index is 6.00. The Morgan fingerprint density at radius 2 is 2.25 bits per heavy atom. The van der Waals surface area contributed by atoms with Gasteiger partial charge in [0.25, 0.3) is 0 Å². The van der Waals surface area contributed by atoms with Crippen LogP contribution in [0.4, 0.5) is 0 Å². The van der Waals surface area contributed by atoms with Gasteiger partial charge in [0.1, 0.15) is 0 Å². The van der Waals surface area contributed by atoms with E-state index in [0.29, 0.717) is 6.54 Å². The number of hydrogen-bond donors (Lipinski definition) is 1. The molecule has 0 saturated heterocycles. The highest BCUT2D eigenvalue weighted by Gasteiger charge is 2.20. The molecule has 2 aromatic heterocycles. The van der Waals surface area contributed by atoms with Crippen molar-refractivity contribution in [2.45, 2.75) is 26.4 Å². The Labute approximate surface area is 133 Å². The number of pyridine rings is 1. The molecule has 0 aliphatic heterocycles. The summed E-state index contributed by atoms with van der Waals surface area (Å²) in [5, 5.41) is 2.11. The Morgan fingerprint density at radius 3 is 2.80 bits per heavy atom. The zero-order valence-electron chi connectivity index (χ0n) is 11.8. The van der Waals surface area contributed by atoms with Gasteiger partial charge in [-0.05, 0) is 47.6 Å². The summed E-state index contributed by atoms with van der Waals surface area (Å²) in [6, 6.07) is 8.57. The van der Waals surface area contributed by atoms with E-state index in [2.05, 4.69) is 56.3 Å². The van der Waals surface area contributed by atoms with Crippen molar-refractivity contribution in [3.8, 4) is 0 Å². The molecule has 0 spiro atoms. The fourth-order valence-electron chi connectivity index (χ4n) is 2.29. The van der Waals surface area contributed by atoms with Gasteiger partial charge in [-0.1, -0.05) is 13.0 Å². The number of aromatic nitrogens is 1. The van der Waals surface area contributed by atoms with Crippen LogP contribution in [-0.2, 0) is 6.54 Å². The Balaban J connectivity index is 2.17. The maximum atomic E-state index is 6.00. The van der Waals surface area contributed by atoms with Crippen LogP contribution >= 0.6 is 27.3 Å². The highest BCUT2D eigenvalue weighted by Crippen LogP contribution is 2.29. The third-order valence-corrected chi connectivity index (χ3v) is 5.09. The number of nitrogens with zero attached hydrogens (tertiary/aromatic N) is 2. The molecule has 0 aliphatic carbocycles. The second-order valence-corrected chi connectivity index (χ2v) is 6.61. The lowest BCUT2D eigenvalue weighted by Gasteiger charge is -2.28. The topological polar surface area (TPSA) is 42.2 Å². The van der Waals surface area contributed by atoms with Crippen molar-refractivity contribution in [1.29, 1.82) is 0 Å². The lowest BCUT2D eigenvalue weighted by Crippen LogP contribution is -2.33. The van der Waals surface area contributed by atoms with Crippen LogP contribution in [0.2, 0.25) is 0 Å². The summed E-state index contributed by atoms with van der Waals surface area (Å²) >= 11 is 5.27. The molecule has 20 heavy (non-hydrogen) atoms. The number of hydrogen-bond acceptors (Lipinski definition) is 4. The molecular formula is C15H20BrN3S. The number of thiophene rings is 1. The molecule has 0 amide bonds. The Hall–Kier alpha value is -0.750. The molecule has 1 unspecified atom stereocenters. The van der Waals surface area contributed by atoms with Crippen LogP contribution in [0.5, 0.6) is 0 Å². The Bertz CT molecular complexity index is 556. The van der Waals surface area contributed by atoms with Crippen molar-refractivity contribution in [1.82, 2.24) is 9.88 Å². The van der Waals surface area contributed by atoms with Gasteiger partial charge in [-0.25, -0.2) is 0 Å². The number of likely N-dealkylation sites (N-methyl/N-ethyl adjacent to an activating group) is 1. The van der Waals surface area contributed by atoms with Crippen molar-refractivity contribution >= 4 is 27.3 Å². The van der Waals surface area contributed by atoms with E-state index in [4.69, 9.17) is 5.73 Å². The van der Waals surface area contributed by atoms with Crippen molar-refractivity contribution in [2.75, 3.05) is 13.1 Å². The second-order valence-electron chi connectivity index (χ2n) is 4.75. The van der Waals surface area contributed by atoms with Crippen LogP contribution in [0.3, 0.4) is 0 Å². The van der Waals surface area contributed by atoms with Gasteiger partial charge in [0, 0.05) is 33.5 Å². The van der Waals surface area contributed by atoms with E-state index in [9.17, 15) is 0 Å². The van der Waals surface area contributed by atoms with Crippen molar-refractivity contribution in [3.63, 3.8) is 0 Å². The smallest absolute Gasteiger partial charge is 0.0568 e. The normalized spacial score (nSPS) is 12.8. The van der Waals surface area contributed by atoms with E-state index in [0.717, 1.165) is 29.0 Å². The van der Waals surface area contributed by atoms with Crippen LogP contribution in [0.15, 0.2) is 34.1 Å². The SMILES string of the molecule is CCN(Cc1cccc(C)n1)C(CN)c1cc(Br)cs1. The molecule has 0 saturated carbocycles. The first kappa shape index (κ1) is 15.6. The molecule has 2 rings (SSSR count). The van der Waals surface area contributed by atoms with Crippen LogP contribution in [0, 0.1) is 6.92 Å². The van der Waals surface area contributed by atoms with Gasteiger partial charge >= 0.3 is 0 Å². The Morgan fingerprint density at radius 1 is 1.45 bits per heavy atom. The fraction of sp³-hybridized carbons (Fsp3) is 0.400. The first-order chi connectivity index (χ1) is 9.63. The van der Waals surface area contributed by atoms with E-state index in [1.165, 1.54) is 4.88 Å². The van der Waals surface area contributed by atoms with E-state index >= 15 is 0 Å². The molecule has 108 valence electrons. The van der Waals surface area contributed by atoms with Gasteiger partial charge in [0.2, 0.25) is 0 Å². The minimum absolute atomic E-state index is 0.249. The quantitative estimate of drug-likeness (QED) is 0.859. The summed E-state index contributed by atoms with van der Waals surface area (Å²) in [6.07, 6.45) is 0. The molecule has 2 aromatic rings. The van der Waals surface area contributed by atoms with Gasteiger partial charge in [0.15, 0.2) is 0 Å². The number of rotatable bonds is 6. The van der Waals surface area contributed by atoms with E-state index in [-0.39, 0.29) is 6.04 Å². The summed E-state index contributed by atoms with van der Waals surface area (Å²) in [6.45, 7) is 6.59. The summed E-state index contributed by atoms with van der Waals surface area (Å²) in [5.41, 5.74) is 8.16. The molecule has 2 N–H and O–H groups in total. The first-order valence-corrected chi connectivity index (χ1v) is 8.42. The molecule has 3 nitrogen and oxygen atoms in total. The molecule has 5 heteroatoms. The third kappa shape index (κ3) is 3.88. The van der Waals surface area contributed by atoms with Crippen molar-refractivity contribution < 1.29 is 0 Å².